The fourth-order valence-corrected chi connectivity index (χ4v) is 5.63. The van der Waals surface area contributed by atoms with Crippen molar-refractivity contribution in [1.82, 2.24) is 0 Å². The summed E-state index contributed by atoms with van der Waals surface area (Å²) in [6, 6.07) is 0. The molecule has 0 rings (SSSR count). The summed E-state index contributed by atoms with van der Waals surface area (Å²) in [4.78, 5) is 24.0. The monoisotopic (exact) mass is 715 g/mol. The van der Waals surface area contributed by atoms with Gasteiger partial charge in [0.25, 0.3) is 0 Å². The van der Waals surface area contributed by atoms with Crippen molar-refractivity contribution in [3.05, 3.63) is 60.8 Å². The van der Waals surface area contributed by atoms with Gasteiger partial charge in [0, 0.05) is 12.8 Å². The van der Waals surface area contributed by atoms with Crippen molar-refractivity contribution in [3.8, 4) is 0 Å². The van der Waals surface area contributed by atoms with E-state index in [1.807, 2.05) is 36.5 Å². The highest BCUT2D eigenvalue weighted by molar-refractivity contribution is 5.69. The minimum Gasteiger partial charge on any atom is -0.463 e. The number of ether oxygens (including phenoxy) is 2. The van der Waals surface area contributed by atoms with Crippen molar-refractivity contribution >= 4 is 11.9 Å². The third kappa shape index (κ3) is 40.2. The number of aliphatic hydroxyl groups is 2. The molecule has 0 aromatic rings. The summed E-state index contributed by atoms with van der Waals surface area (Å²) in [7, 11) is 0. The van der Waals surface area contributed by atoms with Crippen LogP contribution in [0.3, 0.4) is 0 Å². The van der Waals surface area contributed by atoms with Gasteiger partial charge in [-0.05, 0) is 50.9 Å². The van der Waals surface area contributed by atoms with E-state index in [4.69, 9.17) is 9.47 Å². The second kappa shape index (κ2) is 38.8. The predicted octanol–water partition coefficient (Wildman–Crippen LogP) is 12.0. The van der Waals surface area contributed by atoms with Gasteiger partial charge in [-0.1, -0.05) is 184 Å². The summed E-state index contributed by atoms with van der Waals surface area (Å²) in [6.45, 7) is 6.43. The lowest BCUT2D eigenvalue weighted by molar-refractivity contribution is -0.152. The van der Waals surface area contributed by atoms with E-state index in [1.165, 1.54) is 89.9 Å². The molecule has 1 unspecified atom stereocenters. The quantitative estimate of drug-likeness (QED) is 0.0290. The third-order valence-electron chi connectivity index (χ3n) is 8.78. The number of esters is 2. The molecule has 0 spiro atoms. The van der Waals surface area contributed by atoms with Crippen molar-refractivity contribution < 1.29 is 29.3 Å². The maximum absolute atomic E-state index is 12.0. The first-order valence-corrected chi connectivity index (χ1v) is 20.8. The van der Waals surface area contributed by atoms with E-state index in [-0.39, 0.29) is 31.6 Å². The van der Waals surface area contributed by atoms with Crippen molar-refractivity contribution in [1.29, 1.82) is 0 Å². The van der Waals surface area contributed by atoms with Gasteiger partial charge >= 0.3 is 11.9 Å². The summed E-state index contributed by atoms with van der Waals surface area (Å²) in [5.41, 5.74) is 0. The normalized spacial score (nSPS) is 13.5. The summed E-state index contributed by atoms with van der Waals surface area (Å²) >= 11 is 0. The first kappa shape index (κ1) is 48.6. The molecule has 2 N–H and O–H groups in total. The molecule has 0 aromatic heterocycles. The maximum Gasteiger partial charge on any atom is 0.305 e. The Morgan fingerprint density at radius 2 is 1.02 bits per heavy atom. The molecule has 2 atom stereocenters. The Bertz CT molecular complexity index is 931. The molecular weight excluding hydrogens is 636 g/mol. The Balaban J connectivity index is 3.56. The second-order valence-electron chi connectivity index (χ2n) is 14.4. The zero-order chi connectivity index (χ0) is 37.5. The molecule has 294 valence electrons. The van der Waals surface area contributed by atoms with E-state index in [2.05, 4.69) is 39.0 Å². The molecule has 6 heteroatoms. The highest BCUT2D eigenvalue weighted by Gasteiger charge is 2.12. The molecule has 0 heterocycles. The van der Waals surface area contributed by atoms with Crippen molar-refractivity contribution in [3.63, 3.8) is 0 Å². The Morgan fingerprint density at radius 1 is 0.549 bits per heavy atom. The molecule has 0 aliphatic heterocycles. The number of unbranched alkanes of at least 4 members (excludes halogenated alkanes) is 16. The van der Waals surface area contributed by atoms with Gasteiger partial charge in [0.2, 0.25) is 0 Å². The molecule has 0 bridgehead atoms. The first-order chi connectivity index (χ1) is 24.8. The Kier molecular flexibility index (Phi) is 36.9. The molecule has 0 fully saturated rings. The van der Waals surface area contributed by atoms with Crippen LogP contribution in [-0.2, 0) is 19.1 Å². The summed E-state index contributed by atoms with van der Waals surface area (Å²) in [5, 5.41) is 20.0. The highest BCUT2D eigenvalue weighted by atomic mass is 16.6. The molecule has 0 saturated carbocycles. The van der Waals surface area contributed by atoms with Gasteiger partial charge in [-0.25, -0.2) is 0 Å². The van der Waals surface area contributed by atoms with Crippen LogP contribution in [0, 0.1) is 5.92 Å². The van der Waals surface area contributed by atoms with Crippen LogP contribution in [0.5, 0.6) is 0 Å². The van der Waals surface area contributed by atoms with Gasteiger partial charge < -0.3 is 19.7 Å². The zero-order valence-electron chi connectivity index (χ0n) is 33.1. The van der Waals surface area contributed by atoms with Gasteiger partial charge in [-0.2, -0.15) is 0 Å². The van der Waals surface area contributed by atoms with E-state index >= 15 is 0 Å². The Labute approximate surface area is 313 Å². The number of allylic oxidation sites excluding steroid dienone is 8. The number of rotatable bonds is 36. The topological polar surface area (TPSA) is 93.1 Å². The first-order valence-electron chi connectivity index (χ1n) is 20.8. The van der Waals surface area contributed by atoms with E-state index in [0.29, 0.717) is 19.3 Å². The van der Waals surface area contributed by atoms with Gasteiger partial charge in [-0.3, -0.25) is 9.59 Å². The lowest BCUT2D eigenvalue weighted by Crippen LogP contribution is -2.25. The lowest BCUT2D eigenvalue weighted by atomic mass is 10.0. The third-order valence-corrected chi connectivity index (χ3v) is 8.78. The molecule has 0 aliphatic rings. The van der Waals surface area contributed by atoms with E-state index in [1.54, 1.807) is 6.08 Å². The number of carbonyl (C=O) groups is 2. The smallest absolute Gasteiger partial charge is 0.305 e. The van der Waals surface area contributed by atoms with Crippen LogP contribution in [0.2, 0.25) is 0 Å². The Hall–Kier alpha value is -2.44. The molecule has 6 nitrogen and oxygen atoms in total. The van der Waals surface area contributed by atoms with E-state index in [0.717, 1.165) is 50.9 Å². The van der Waals surface area contributed by atoms with Crippen molar-refractivity contribution in [2.45, 2.75) is 193 Å². The zero-order valence-corrected chi connectivity index (χ0v) is 33.1. The standard InChI is InChI=1S/C45H78O6/c1-4-5-6-7-25-30-35-42(46)36-31-26-21-18-19-23-28-33-38-45(49)51-40-43(47)39-50-44(48)37-32-27-22-17-15-13-11-9-8-10-12-14-16-20-24-29-34-41(2)3/h5-6,19,21,23,25-26,30-31,36,41-43,46-47H,4,7-18,20,22,24,27-29,32-35,37-40H2,1-3H3/b6-5-,23-19-,26-21-,30-25-,36-31+/t42?,43-/m1/s1. The molecule has 0 saturated heterocycles. The average molecular weight is 715 g/mol. The van der Waals surface area contributed by atoms with Crippen LogP contribution in [0.1, 0.15) is 181 Å². The molecule has 0 aromatic carbocycles. The van der Waals surface area contributed by atoms with Gasteiger partial charge in [-0.15, -0.1) is 0 Å². The molecule has 0 aliphatic carbocycles. The Morgan fingerprint density at radius 3 is 1.57 bits per heavy atom. The maximum atomic E-state index is 12.0. The van der Waals surface area contributed by atoms with Gasteiger partial charge in [0.15, 0.2) is 0 Å². The van der Waals surface area contributed by atoms with Gasteiger partial charge in [0.05, 0.1) is 6.10 Å². The van der Waals surface area contributed by atoms with Gasteiger partial charge in [0.1, 0.15) is 19.3 Å². The number of hydrogen-bond donors (Lipinski definition) is 2. The molecule has 0 amide bonds. The van der Waals surface area contributed by atoms with Crippen LogP contribution in [0.4, 0.5) is 0 Å². The highest BCUT2D eigenvalue weighted by Crippen LogP contribution is 2.15. The predicted molar refractivity (Wildman–Crippen MR) is 216 cm³/mol. The number of aliphatic hydroxyl groups excluding tert-OH is 2. The number of carbonyl (C=O) groups excluding carboxylic acids is 2. The van der Waals surface area contributed by atoms with Crippen LogP contribution in [-0.4, -0.2) is 47.6 Å². The van der Waals surface area contributed by atoms with E-state index < -0.39 is 12.2 Å². The van der Waals surface area contributed by atoms with E-state index in [9.17, 15) is 19.8 Å². The minimum absolute atomic E-state index is 0.150. The van der Waals surface area contributed by atoms with Crippen LogP contribution in [0.25, 0.3) is 0 Å². The second-order valence-corrected chi connectivity index (χ2v) is 14.4. The lowest BCUT2D eigenvalue weighted by Gasteiger charge is -2.12. The molecule has 0 radical (unpaired) electrons. The summed E-state index contributed by atoms with van der Waals surface area (Å²) in [5.74, 6) is 0.184. The molecule has 51 heavy (non-hydrogen) atoms. The van der Waals surface area contributed by atoms with Crippen LogP contribution < -0.4 is 0 Å². The van der Waals surface area contributed by atoms with Crippen LogP contribution >= 0.6 is 0 Å². The van der Waals surface area contributed by atoms with Crippen molar-refractivity contribution in [2.24, 2.45) is 5.92 Å². The average Bonchev–Trinajstić information content (AvgIpc) is 3.11. The SMILES string of the molecule is CC/C=C\C/C=C\CC(O)/C=C/C=C\C/C=C\CCCC(=O)OC[C@H](O)COC(=O)CCCCCCCCCCCCCCCCCCC(C)C. The largest absolute Gasteiger partial charge is 0.463 e. The summed E-state index contributed by atoms with van der Waals surface area (Å²) in [6.07, 6.45) is 46.0. The fraction of sp³-hybridized carbons (Fsp3) is 0.733. The minimum atomic E-state index is -1.01. The number of hydrogen-bond acceptors (Lipinski definition) is 6. The van der Waals surface area contributed by atoms with Crippen molar-refractivity contribution in [2.75, 3.05) is 13.2 Å². The van der Waals surface area contributed by atoms with Crippen LogP contribution in [0.15, 0.2) is 60.8 Å². The summed E-state index contributed by atoms with van der Waals surface area (Å²) < 4.78 is 10.3. The fourth-order valence-electron chi connectivity index (χ4n) is 5.63. The molecular formula is C45H78O6.